The first-order valence-corrected chi connectivity index (χ1v) is 8.78. The number of rotatable bonds is 4. The number of hydrazine groups is 1. The van der Waals surface area contributed by atoms with Gasteiger partial charge in [0.25, 0.3) is 17.5 Å². The molecule has 3 aromatic rings. The Kier molecular flexibility index (Phi) is 4.61. The number of carbonyl (C=O) groups is 2. The molecule has 1 aliphatic heterocycles. The number of furan rings is 1. The lowest BCUT2D eigenvalue weighted by Crippen LogP contribution is -2.35. The number of nitro groups is 1. The molecule has 0 unspecified atom stereocenters. The number of hydrogen-bond acceptors (Lipinski definition) is 5. The second-order valence-electron chi connectivity index (χ2n) is 6.10. The molecule has 1 fully saturated rings. The molecule has 9 heteroatoms. The quantitative estimate of drug-likeness (QED) is 0.304. The smallest absolute Gasteiger partial charge is 0.282 e. The third-order valence-corrected chi connectivity index (χ3v) is 4.47. The summed E-state index contributed by atoms with van der Waals surface area (Å²) < 4.78 is 5.63. The second-order valence-corrected chi connectivity index (χ2v) is 6.53. The summed E-state index contributed by atoms with van der Waals surface area (Å²) in [6.07, 6.45) is 1.29. The van der Waals surface area contributed by atoms with Crippen molar-refractivity contribution in [3.8, 4) is 11.3 Å². The van der Waals surface area contributed by atoms with Gasteiger partial charge in [-0.1, -0.05) is 29.8 Å². The Morgan fingerprint density at radius 1 is 1.07 bits per heavy atom. The Bertz CT molecular complexity index is 1180. The monoisotopic (exact) mass is 409 g/mol. The molecule has 0 atom stereocenters. The molecule has 2 heterocycles. The predicted octanol–water partition coefficient (Wildman–Crippen LogP) is 3.97. The second kappa shape index (κ2) is 7.25. The standard InChI is InChI=1S/C20H12ClN3O5/c21-12-4-3-5-13(10-12)23-20(26)16(19(25)22-23)11-14-8-9-18(29-14)15-6-1-2-7-17(15)24(27)28/h1-11H,(H,22,25)/b16-11+. The van der Waals surface area contributed by atoms with Crippen molar-refractivity contribution in [2.75, 3.05) is 5.01 Å². The number of para-hydroxylation sites is 1. The van der Waals surface area contributed by atoms with E-state index in [1.165, 1.54) is 18.2 Å². The average molecular weight is 410 g/mol. The molecule has 1 N–H and O–H groups in total. The lowest BCUT2D eigenvalue weighted by molar-refractivity contribution is -0.384. The van der Waals surface area contributed by atoms with Gasteiger partial charge in [0.2, 0.25) is 0 Å². The number of nitro benzene ring substituents is 1. The van der Waals surface area contributed by atoms with Crippen molar-refractivity contribution in [3.05, 3.63) is 87.1 Å². The van der Waals surface area contributed by atoms with Crippen LogP contribution in [-0.2, 0) is 9.59 Å². The fraction of sp³-hybridized carbons (Fsp3) is 0. The van der Waals surface area contributed by atoms with E-state index in [1.807, 2.05) is 0 Å². The largest absolute Gasteiger partial charge is 0.456 e. The maximum Gasteiger partial charge on any atom is 0.282 e. The Balaban J connectivity index is 1.65. The van der Waals surface area contributed by atoms with Crippen molar-refractivity contribution in [1.82, 2.24) is 5.43 Å². The fourth-order valence-corrected chi connectivity index (χ4v) is 3.10. The van der Waals surface area contributed by atoms with Crippen LogP contribution in [0.4, 0.5) is 11.4 Å². The molecule has 0 aliphatic carbocycles. The van der Waals surface area contributed by atoms with E-state index in [1.54, 1.807) is 48.5 Å². The molecule has 1 aromatic heterocycles. The van der Waals surface area contributed by atoms with E-state index >= 15 is 0 Å². The first-order chi connectivity index (χ1) is 13.9. The molecule has 1 saturated heterocycles. The van der Waals surface area contributed by atoms with Crippen molar-refractivity contribution in [2.24, 2.45) is 0 Å². The van der Waals surface area contributed by atoms with Gasteiger partial charge >= 0.3 is 0 Å². The molecular formula is C20H12ClN3O5. The fourth-order valence-electron chi connectivity index (χ4n) is 2.91. The molecule has 0 spiro atoms. The summed E-state index contributed by atoms with van der Waals surface area (Å²) in [4.78, 5) is 35.6. The van der Waals surface area contributed by atoms with Crippen LogP contribution in [0.25, 0.3) is 17.4 Å². The van der Waals surface area contributed by atoms with Crippen LogP contribution in [0.15, 0.2) is 70.7 Å². The first-order valence-electron chi connectivity index (χ1n) is 8.40. The number of nitrogens with zero attached hydrogens (tertiary/aromatic N) is 2. The predicted molar refractivity (Wildman–Crippen MR) is 106 cm³/mol. The maximum absolute atomic E-state index is 12.7. The summed E-state index contributed by atoms with van der Waals surface area (Å²) >= 11 is 5.94. The number of carbonyl (C=O) groups excluding carboxylic acids is 2. The molecule has 29 heavy (non-hydrogen) atoms. The number of anilines is 1. The minimum Gasteiger partial charge on any atom is -0.456 e. The molecule has 0 radical (unpaired) electrons. The summed E-state index contributed by atoms with van der Waals surface area (Å²) in [5.41, 5.74) is 2.94. The van der Waals surface area contributed by atoms with Crippen LogP contribution in [0.1, 0.15) is 5.76 Å². The van der Waals surface area contributed by atoms with Gasteiger partial charge in [0.15, 0.2) is 0 Å². The normalized spacial score (nSPS) is 15.1. The molecule has 2 aromatic carbocycles. The summed E-state index contributed by atoms with van der Waals surface area (Å²) in [6.45, 7) is 0. The van der Waals surface area contributed by atoms with Gasteiger partial charge in [-0.2, -0.15) is 0 Å². The zero-order chi connectivity index (χ0) is 20.5. The van der Waals surface area contributed by atoms with E-state index in [4.69, 9.17) is 16.0 Å². The van der Waals surface area contributed by atoms with Gasteiger partial charge in [0.1, 0.15) is 17.1 Å². The van der Waals surface area contributed by atoms with E-state index in [-0.39, 0.29) is 22.8 Å². The van der Waals surface area contributed by atoms with Gasteiger partial charge in [0.05, 0.1) is 16.2 Å². The van der Waals surface area contributed by atoms with Crippen LogP contribution in [-0.4, -0.2) is 16.7 Å². The highest BCUT2D eigenvalue weighted by molar-refractivity contribution is 6.33. The first kappa shape index (κ1) is 18.5. The molecule has 144 valence electrons. The van der Waals surface area contributed by atoms with Crippen molar-refractivity contribution in [3.63, 3.8) is 0 Å². The van der Waals surface area contributed by atoms with E-state index in [9.17, 15) is 19.7 Å². The molecule has 1 aliphatic rings. The van der Waals surface area contributed by atoms with Crippen molar-refractivity contribution in [1.29, 1.82) is 0 Å². The van der Waals surface area contributed by atoms with E-state index in [2.05, 4.69) is 5.43 Å². The SMILES string of the molecule is O=C1NN(c2cccc(Cl)c2)C(=O)/C1=C/c1ccc(-c2ccccc2[N+](=O)[O-])o1. The van der Waals surface area contributed by atoms with Crippen LogP contribution in [0.2, 0.25) is 5.02 Å². The van der Waals surface area contributed by atoms with Crippen LogP contribution in [0, 0.1) is 10.1 Å². The van der Waals surface area contributed by atoms with Crippen LogP contribution >= 0.6 is 11.6 Å². The number of benzene rings is 2. The lowest BCUT2D eigenvalue weighted by atomic mass is 10.1. The molecule has 2 amide bonds. The van der Waals surface area contributed by atoms with Crippen LogP contribution in [0.5, 0.6) is 0 Å². The minimum atomic E-state index is -0.599. The number of nitrogens with one attached hydrogen (secondary N) is 1. The van der Waals surface area contributed by atoms with E-state index in [0.29, 0.717) is 16.3 Å². The third kappa shape index (κ3) is 3.48. The van der Waals surface area contributed by atoms with E-state index in [0.717, 1.165) is 5.01 Å². The number of amides is 2. The Morgan fingerprint density at radius 3 is 2.62 bits per heavy atom. The van der Waals surface area contributed by atoms with Crippen molar-refractivity contribution >= 4 is 40.9 Å². The van der Waals surface area contributed by atoms with E-state index < -0.39 is 16.7 Å². The van der Waals surface area contributed by atoms with Crippen LogP contribution < -0.4 is 10.4 Å². The van der Waals surface area contributed by atoms with Gasteiger partial charge in [0, 0.05) is 11.1 Å². The van der Waals surface area contributed by atoms with Crippen molar-refractivity contribution in [2.45, 2.75) is 0 Å². The van der Waals surface area contributed by atoms with Gasteiger partial charge in [-0.25, -0.2) is 5.01 Å². The molecular weight excluding hydrogens is 398 g/mol. The summed E-state index contributed by atoms with van der Waals surface area (Å²) in [7, 11) is 0. The third-order valence-electron chi connectivity index (χ3n) is 4.24. The number of hydrogen-bond donors (Lipinski definition) is 1. The molecule has 0 bridgehead atoms. The summed E-state index contributed by atoms with van der Waals surface area (Å²) in [5.74, 6) is -0.703. The molecule has 4 rings (SSSR count). The highest BCUT2D eigenvalue weighted by Gasteiger charge is 2.35. The Hall–Kier alpha value is -3.91. The summed E-state index contributed by atoms with van der Waals surface area (Å²) in [6, 6.07) is 15.7. The maximum atomic E-state index is 12.7. The lowest BCUT2D eigenvalue weighted by Gasteiger charge is -2.14. The molecule has 8 nitrogen and oxygen atoms in total. The van der Waals surface area contributed by atoms with Crippen molar-refractivity contribution < 1.29 is 18.9 Å². The minimum absolute atomic E-state index is 0.108. The van der Waals surface area contributed by atoms with Gasteiger partial charge in [-0.15, -0.1) is 0 Å². The number of halogens is 1. The van der Waals surface area contributed by atoms with Gasteiger partial charge < -0.3 is 4.42 Å². The molecule has 0 saturated carbocycles. The average Bonchev–Trinajstić information content (AvgIpc) is 3.28. The Labute approximate surface area is 169 Å². The summed E-state index contributed by atoms with van der Waals surface area (Å²) in [5, 5.41) is 12.7. The topological polar surface area (TPSA) is 106 Å². The zero-order valence-corrected chi connectivity index (χ0v) is 15.4. The Morgan fingerprint density at radius 2 is 1.86 bits per heavy atom. The van der Waals surface area contributed by atoms with Gasteiger partial charge in [-0.05, 0) is 42.5 Å². The highest BCUT2D eigenvalue weighted by atomic mass is 35.5. The zero-order valence-electron chi connectivity index (χ0n) is 14.7. The van der Waals surface area contributed by atoms with Crippen LogP contribution in [0.3, 0.4) is 0 Å². The van der Waals surface area contributed by atoms with Gasteiger partial charge in [-0.3, -0.25) is 25.1 Å². The highest BCUT2D eigenvalue weighted by Crippen LogP contribution is 2.32.